The molecule has 122 valence electrons. The molecule has 6 heteroatoms. The van der Waals surface area contributed by atoms with E-state index in [-0.39, 0.29) is 0 Å². The SMILES string of the molecule is Cn1ccnc1CN1CCc2nc(-c3ccc(N)cc3)ncc2C1. The molecule has 0 saturated heterocycles. The fraction of sp³-hybridized carbons (Fsp3) is 0.278. The van der Waals surface area contributed by atoms with Crippen molar-refractivity contribution in [2.45, 2.75) is 19.5 Å². The van der Waals surface area contributed by atoms with Gasteiger partial charge >= 0.3 is 0 Å². The summed E-state index contributed by atoms with van der Waals surface area (Å²) in [6, 6.07) is 7.69. The lowest BCUT2D eigenvalue weighted by Gasteiger charge is -2.27. The van der Waals surface area contributed by atoms with Gasteiger partial charge in [0.25, 0.3) is 0 Å². The van der Waals surface area contributed by atoms with E-state index in [4.69, 9.17) is 10.7 Å². The van der Waals surface area contributed by atoms with Crippen molar-refractivity contribution in [2.24, 2.45) is 7.05 Å². The monoisotopic (exact) mass is 320 g/mol. The molecular weight excluding hydrogens is 300 g/mol. The minimum Gasteiger partial charge on any atom is -0.399 e. The van der Waals surface area contributed by atoms with Gasteiger partial charge in [-0.15, -0.1) is 0 Å². The van der Waals surface area contributed by atoms with Crippen LogP contribution in [-0.2, 0) is 26.6 Å². The van der Waals surface area contributed by atoms with Crippen molar-refractivity contribution < 1.29 is 0 Å². The number of aryl methyl sites for hydroxylation is 1. The molecule has 0 spiro atoms. The zero-order valence-corrected chi connectivity index (χ0v) is 13.7. The van der Waals surface area contributed by atoms with Gasteiger partial charge in [-0.1, -0.05) is 0 Å². The van der Waals surface area contributed by atoms with E-state index in [0.717, 1.165) is 54.6 Å². The average molecular weight is 320 g/mol. The molecule has 6 nitrogen and oxygen atoms in total. The molecule has 3 heterocycles. The lowest BCUT2D eigenvalue weighted by Crippen LogP contribution is -2.31. The Bertz CT molecular complexity index is 852. The Balaban J connectivity index is 1.53. The molecule has 2 aromatic heterocycles. The minimum atomic E-state index is 0.752. The second-order valence-electron chi connectivity index (χ2n) is 6.20. The first-order valence-corrected chi connectivity index (χ1v) is 8.08. The second-order valence-corrected chi connectivity index (χ2v) is 6.20. The number of nitrogen functional groups attached to an aromatic ring is 1. The molecular formula is C18H20N6. The third-order valence-electron chi connectivity index (χ3n) is 4.47. The summed E-state index contributed by atoms with van der Waals surface area (Å²) >= 11 is 0. The number of fused-ring (bicyclic) bond motifs is 1. The number of rotatable bonds is 3. The van der Waals surface area contributed by atoms with E-state index in [1.165, 1.54) is 5.56 Å². The normalized spacial score (nSPS) is 14.5. The summed E-state index contributed by atoms with van der Waals surface area (Å²) < 4.78 is 2.07. The fourth-order valence-corrected chi connectivity index (χ4v) is 3.03. The first-order chi connectivity index (χ1) is 11.7. The predicted molar refractivity (Wildman–Crippen MR) is 92.9 cm³/mol. The number of hydrogen-bond acceptors (Lipinski definition) is 5. The number of hydrogen-bond donors (Lipinski definition) is 1. The Labute approximate surface area is 141 Å². The van der Waals surface area contributed by atoms with Crippen molar-refractivity contribution >= 4 is 5.69 Å². The zero-order chi connectivity index (χ0) is 16.5. The van der Waals surface area contributed by atoms with Gasteiger partial charge in [-0.3, -0.25) is 4.90 Å². The largest absolute Gasteiger partial charge is 0.399 e. The Morgan fingerprint density at radius 3 is 2.75 bits per heavy atom. The smallest absolute Gasteiger partial charge is 0.159 e. The average Bonchev–Trinajstić information content (AvgIpc) is 3.00. The highest BCUT2D eigenvalue weighted by Crippen LogP contribution is 2.22. The maximum absolute atomic E-state index is 5.74. The summed E-state index contributed by atoms with van der Waals surface area (Å²) in [5, 5.41) is 0. The molecule has 0 bridgehead atoms. The van der Waals surface area contributed by atoms with Crippen molar-refractivity contribution in [1.29, 1.82) is 0 Å². The van der Waals surface area contributed by atoms with E-state index in [1.54, 1.807) is 0 Å². The molecule has 0 aliphatic carbocycles. The number of aromatic nitrogens is 4. The van der Waals surface area contributed by atoms with E-state index >= 15 is 0 Å². The summed E-state index contributed by atoms with van der Waals surface area (Å²) in [5.41, 5.74) is 9.85. The van der Waals surface area contributed by atoms with Crippen LogP contribution in [0, 0.1) is 0 Å². The van der Waals surface area contributed by atoms with Crippen LogP contribution in [0.4, 0.5) is 5.69 Å². The summed E-state index contributed by atoms with van der Waals surface area (Å²) in [6.45, 7) is 2.70. The first-order valence-electron chi connectivity index (χ1n) is 8.08. The minimum absolute atomic E-state index is 0.752. The van der Waals surface area contributed by atoms with Gasteiger partial charge in [0, 0.05) is 62.0 Å². The summed E-state index contributed by atoms with van der Waals surface area (Å²) in [7, 11) is 2.03. The van der Waals surface area contributed by atoms with Crippen LogP contribution in [-0.4, -0.2) is 31.0 Å². The third-order valence-corrected chi connectivity index (χ3v) is 4.47. The summed E-state index contributed by atoms with van der Waals surface area (Å²) in [6.07, 6.45) is 6.72. The molecule has 4 rings (SSSR count). The Morgan fingerprint density at radius 1 is 1.17 bits per heavy atom. The Kier molecular flexibility index (Phi) is 3.74. The van der Waals surface area contributed by atoms with E-state index < -0.39 is 0 Å². The maximum atomic E-state index is 5.74. The van der Waals surface area contributed by atoms with Crippen LogP contribution in [0.3, 0.4) is 0 Å². The molecule has 2 N–H and O–H groups in total. The van der Waals surface area contributed by atoms with Crippen LogP contribution < -0.4 is 5.73 Å². The van der Waals surface area contributed by atoms with Crippen molar-refractivity contribution in [1.82, 2.24) is 24.4 Å². The number of anilines is 1. The standard InChI is InChI=1S/C18H20N6/c1-23-9-7-20-17(23)12-24-8-6-16-14(11-24)10-21-18(22-16)13-2-4-15(19)5-3-13/h2-5,7,9-10H,6,8,11-12,19H2,1H3. The molecule has 24 heavy (non-hydrogen) atoms. The van der Waals surface area contributed by atoms with Gasteiger partial charge < -0.3 is 10.3 Å². The predicted octanol–water partition coefficient (Wildman–Crippen LogP) is 2.02. The van der Waals surface area contributed by atoms with E-state index in [2.05, 4.69) is 19.4 Å². The van der Waals surface area contributed by atoms with Crippen LogP contribution in [0.5, 0.6) is 0 Å². The number of imidazole rings is 1. The Morgan fingerprint density at radius 2 is 2.00 bits per heavy atom. The van der Waals surface area contributed by atoms with Crippen molar-refractivity contribution in [2.75, 3.05) is 12.3 Å². The Hall–Kier alpha value is -2.73. The molecule has 1 aliphatic heterocycles. The molecule has 0 unspecified atom stereocenters. The van der Waals surface area contributed by atoms with Gasteiger partial charge in [0.2, 0.25) is 0 Å². The molecule has 0 fully saturated rings. The first kappa shape index (κ1) is 14.8. The molecule has 0 saturated carbocycles. The highest BCUT2D eigenvalue weighted by Gasteiger charge is 2.19. The number of nitrogens with zero attached hydrogens (tertiary/aromatic N) is 5. The summed E-state index contributed by atoms with van der Waals surface area (Å²) in [5.74, 6) is 1.85. The summed E-state index contributed by atoms with van der Waals surface area (Å²) in [4.78, 5) is 16.1. The highest BCUT2D eigenvalue weighted by atomic mass is 15.2. The third kappa shape index (κ3) is 2.88. The van der Waals surface area contributed by atoms with Gasteiger partial charge in [0.05, 0.1) is 12.2 Å². The van der Waals surface area contributed by atoms with E-state index in [0.29, 0.717) is 0 Å². The number of nitrogens with two attached hydrogens (primary N) is 1. The van der Waals surface area contributed by atoms with E-state index in [9.17, 15) is 0 Å². The van der Waals surface area contributed by atoms with Crippen LogP contribution >= 0.6 is 0 Å². The maximum Gasteiger partial charge on any atom is 0.159 e. The van der Waals surface area contributed by atoms with Gasteiger partial charge in [0.1, 0.15) is 5.82 Å². The van der Waals surface area contributed by atoms with Gasteiger partial charge in [0.15, 0.2) is 5.82 Å². The molecule has 1 aliphatic rings. The molecule has 3 aromatic rings. The van der Waals surface area contributed by atoms with Crippen LogP contribution in [0.2, 0.25) is 0 Å². The van der Waals surface area contributed by atoms with Crippen LogP contribution in [0.15, 0.2) is 42.9 Å². The quantitative estimate of drug-likeness (QED) is 0.748. The van der Waals surface area contributed by atoms with Gasteiger partial charge in [-0.25, -0.2) is 15.0 Å². The van der Waals surface area contributed by atoms with Gasteiger partial charge in [-0.2, -0.15) is 0 Å². The van der Waals surface area contributed by atoms with Crippen LogP contribution in [0.25, 0.3) is 11.4 Å². The number of benzene rings is 1. The fourth-order valence-electron chi connectivity index (χ4n) is 3.03. The lowest BCUT2D eigenvalue weighted by molar-refractivity contribution is 0.234. The second kappa shape index (κ2) is 6.05. The van der Waals surface area contributed by atoms with Gasteiger partial charge in [-0.05, 0) is 24.3 Å². The highest BCUT2D eigenvalue weighted by molar-refractivity contribution is 5.58. The zero-order valence-electron chi connectivity index (χ0n) is 13.7. The molecule has 0 radical (unpaired) electrons. The van der Waals surface area contributed by atoms with Crippen LogP contribution in [0.1, 0.15) is 17.1 Å². The van der Waals surface area contributed by atoms with Crippen molar-refractivity contribution in [3.63, 3.8) is 0 Å². The lowest BCUT2D eigenvalue weighted by atomic mass is 10.1. The van der Waals surface area contributed by atoms with E-state index in [1.807, 2.05) is 49.9 Å². The van der Waals surface area contributed by atoms with Crippen molar-refractivity contribution in [3.05, 3.63) is 59.9 Å². The topological polar surface area (TPSA) is 72.9 Å². The van der Waals surface area contributed by atoms with Crippen molar-refractivity contribution in [3.8, 4) is 11.4 Å². The molecule has 1 aromatic carbocycles. The molecule has 0 amide bonds. The molecule has 0 atom stereocenters.